The maximum Gasteiger partial charge on any atom is 0.0220 e. The van der Waals surface area contributed by atoms with Gasteiger partial charge in [-0.15, -0.1) is 0 Å². The Kier molecular flexibility index (Phi) is 7.06. The standard InChI is InChI=1S/C14H30N2/c1-4-6-9-13(3)15-12-14-10-7-8-11-16(14)5-2/h13-15H,4-12H2,1-3H3. The highest BCUT2D eigenvalue weighted by Crippen LogP contribution is 2.16. The summed E-state index contributed by atoms with van der Waals surface area (Å²) in [6.07, 6.45) is 8.21. The third-order valence-corrected chi connectivity index (χ3v) is 3.85. The van der Waals surface area contributed by atoms with Crippen molar-refractivity contribution in [2.24, 2.45) is 0 Å². The number of hydrogen-bond acceptors (Lipinski definition) is 2. The van der Waals surface area contributed by atoms with E-state index in [0.717, 1.165) is 6.04 Å². The molecule has 0 aromatic rings. The van der Waals surface area contributed by atoms with Crippen molar-refractivity contribution in [2.75, 3.05) is 19.6 Å². The minimum absolute atomic E-state index is 0.695. The van der Waals surface area contributed by atoms with E-state index in [9.17, 15) is 0 Å². The van der Waals surface area contributed by atoms with Gasteiger partial charge in [0, 0.05) is 18.6 Å². The summed E-state index contributed by atoms with van der Waals surface area (Å²) in [6, 6.07) is 1.49. The van der Waals surface area contributed by atoms with Gasteiger partial charge >= 0.3 is 0 Å². The lowest BCUT2D eigenvalue weighted by Gasteiger charge is -2.35. The van der Waals surface area contributed by atoms with Gasteiger partial charge in [-0.05, 0) is 39.3 Å². The summed E-state index contributed by atoms with van der Waals surface area (Å²) >= 11 is 0. The first-order chi connectivity index (χ1) is 7.77. The number of unbranched alkanes of at least 4 members (excludes halogenated alkanes) is 1. The molecule has 0 saturated carbocycles. The highest BCUT2D eigenvalue weighted by atomic mass is 15.2. The van der Waals surface area contributed by atoms with Crippen LogP contribution in [-0.2, 0) is 0 Å². The Morgan fingerprint density at radius 3 is 2.81 bits per heavy atom. The van der Waals surface area contributed by atoms with Crippen molar-refractivity contribution in [1.82, 2.24) is 10.2 Å². The normalized spacial score (nSPS) is 24.6. The van der Waals surface area contributed by atoms with Gasteiger partial charge in [0.05, 0.1) is 0 Å². The molecule has 96 valence electrons. The SMILES string of the molecule is CCCCC(C)NCC1CCCCN1CC. The Morgan fingerprint density at radius 1 is 1.31 bits per heavy atom. The van der Waals surface area contributed by atoms with Crippen LogP contribution in [0.4, 0.5) is 0 Å². The minimum atomic E-state index is 0.695. The van der Waals surface area contributed by atoms with Gasteiger partial charge in [0.2, 0.25) is 0 Å². The van der Waals surface area contributed by atoms with Gasteiger partial charge in [-0.25, -0.2) is 0 Å². The predicted molar refractivity (Wildman–Crippen MR) is 71.9 cm³/mol. The predicted octanol–water partition coefficient (Wildman–Crippen LogP) is 3.03. The van der Waals surface area contributed by atoms with E-state index in [0.29, 0.717) is 6.04 Å². The van der Waals surface area contributed by atoms with E-state index in [-0.39, 0.29) is 0 Å². The van der Waals surface area contributed by atoms with Crippen LogP contribution in [0.3, 0.4) is 0 Å². The molecule has 0 aliphatic carbocycles. The summed E-state index contributed by atoms with van der Waals surface area (Å²) in [5.74, 6) is 0. The van der Waals surface area contributed by atoms with Gasteiger partial charge in [0.1, 0.15) is 0 Å². The first kappa shape index (κ1) is 14.0. The molecule has 1 aliphatic heterocycles. The summed E-state index contributed by atoms with van der Waals surface area (Å²) in [4.78, 5) is 2.64. The van der Waals surface area contributed by atoms with Crippen LogP contribution in [0.25, 0.3) is 0 Å². The van der Waals surface area contributed by atoms with Crippen LogP contribution in [0.2, 0.25) is 0 Å². The van der Waals surface area contributed by atoms with E-state index in [1.165, 1.54) is 58.2 Å². The van der Waals surface area contributed by atoms with Crippen LogP contribution in [0.1, 0.15) is 59.3 Å². The van der Waals surface area contributed by atoms with Crippen LogP contribution in [0.15, 0.2) is 0 Å². The molecule has 2 atom stereocenters. The van der Waals surface area contributed by atoms with Gasteiger partial charge in [-0.3, -0.25) is 4.90 Å². The van der Waals surface area contributed by atoms with Crippen molar-refractivity contribution >= 4 is 0 Å². The molecule has 2 heteroatoms. The molecule has 1 saturated heterocycles. The van der Waals surface area contributed by atoms with E-state index in [1.54, 1.807) is 0 Å². The van der Waals surface area contributed by atoms with Crippen molar-refractivity contribution in [3.05, 3.63) is 0 Å². The van der Waals surface area contributed by atoms with Gasteiger partial charge in [-0.1, -0.05) is 33.1 Å². The minimum Gasteiger partial charge on any atom is -0.313 e. The Morgan fingerprint density at radius 2 is 2.12 bits per heavy atom. The van der Waals surface area contributed by atoms with E-state index < -0.39 is 0 Å². The summed E-state index contributed by atoms with van der Waals surface area (Å²) in [5.41, 5.74) is 0. The second-order valence-corrected chi connectivity index (χ2v) is 5.23. The molecule has 0 amide bonds. The van der Waals surface area contributed by atoms with Crippen LogP contribution in [0, 0.1) is 0 Å². The quantitative estimate of drug-likeness (QED) is 0.718. The Hall–Kier alpha value is -0.0800. The largest absolute Gasteiger partial charge is 0.313 e. The number of hydrogen-bond donors (Lipinski definition) is 1. The van der Waals surface area contributed by atoms with Gasteiger partial charge in [0.15, 0.2) is 0 Å². The zero-order chi connectivity index (χ0) is 11.8. The highest BCUT2D eigenvalue weighted by molar-refractivity contribution is 4.79. The van der Waals surface area contributed by atoms with E-state index >= 15 is 0 Å². The number of likely N-dealkylation sites (N-methyl/N-ethyl adjacent to an activating group) is 1. The lowest BCUT2D eigenvalue weighted by molar-refractivity contribution is 0.150. The molecule has 0 bridgehead atoms. The summed E-state index contributed by atoms with van der Waals surface area (Å²) in [5, 5.41) is 3.71. The molecule has 0 radical (unpaired) electrons. The molecule has 0 aromatic heterocycles. The summed E-state index contributed by atoms with van der Waals surface area (Å²) < 4.78 is 0. The second-order valence-electron chi connectivity index (χ2n) is 5.23. The van der Waals surface area contributed by atoms with Crippen LogP contribution in [-0.4, -0.2) is 36.6 Å². The zero-order valence-electron chi connectivity index (χ0n) is 11.5. The second kappa shape index (κ2) is 8.08. The van der Waals surface area contributed by atoms with E-state index in [2.05, 4.69) is 31.0 Å². The molecule has 1 aliphatic rings. The number of nitrogens with one attached hydrogen (secondary N) is 1. The lowest BCUT2D eigenvalue weighted by Crippen LogP contribution is -2.46. The topological polar surface area (TPSA) is 15.3 Å². The van der Waals surface area contributed by atoms with Gasteiger partial charge in [-0.2, -0.15) is 0 Å². The van der Waals surface area contributed by atoms with Crippen molar-refractivity contribution in [1.29, 1.82) is 0 Å². The molecule has 16 heavy (non-hydrogen) atoms. The molecule has 0 aromatic carbocycles. The molecule has 2 nitrogen and oxygen atoms in total. The Labute approximate surface area is 102 Å². The fourth-order valence-electron chi connectivity index (χ4n) is 2.66. The van der Waals surface area contributed by atoms with Crippen LogP contribution >= 0.6 is 0 Å². The van der Waals surface area contributed by atoms with Crippen molar-refractivity contribution in [2.45, 2.75) is 71.4 Å². The Balaban J connectivity index is 2.18. The highest BCUT2D eigenvalue weighted by Gasteiger charge is 2.20. The number of rotatable bonds is 7. The van der Waals surface area contributed by atoms with E-state index in [1.807, 2.05) is 0 Å². The number of likely N-dealkylation sites (tertiary alicyclic amines) is 1. The molecule has 1 N–H and O–H groups in total. The molecule has 1 fully saturated rings. The molecule has 1 rings (SSSR count). The molecule has 2 unspecified atom stereocenters. The third kappa shape index (κ3) is 4.84. The lowest BCUT2D eigenvalue weighted by atomic mass is 10.0. The summed E-state index contributed by atoms with van der Waals surface area (Å²) in [7, 11) is 0. The van der Waals surface area contributed by atoms with Crippen LogP contribution < -0.4 is 5.32 Å². The first-order valence-corrected chi connectivity index (χ1v) is 7.25. The smallest absolute Gasteiger partial charge is 0.0220 e. The molecule has 1 heterocycles. The first-order valence-electron chi connectivity index (χ1n) is 7.25. The summed E-state index contributed by atoms with van der Waals surface area (Å²) in [6.45, 7) is 10.6. The molecular weight excluding hydrogens is 196 g/mol. The molecular formula is C14H30N2. The fourth-order valence-corrected chi connectivity index (χ4v) is 2.66. The average Bonchev–Trinajstić information content (AvgIpc) is 2.34. The van der Waals surface area contributed by atoms with Crippen molar-refractivity contribution in [3.63, 3.8) is 0 Å². The number of nitrogens with zero attached hydrogens (tertiary/aromatic N) is 1. The van der Waals surface area contributed by atoms with Crippen LogP contribution in [0.5, 0.6) is 0 Å². The average molecular weight is 226 g/mol. The maximum absolute atomic E-state index is 3.71. The van der Waals surface area contributed by atoms with Gasteiger partial charge in [0.25, 0.3) is 0 Å². The van der Waals surface area contributed by atoms with Crippen molar-refractivity contribution < 1.29 is 0 Å². The molecule has 0 spiro atoms. The van der Waals surface area contributed by atoms with Crippen molar-refractivity contribution in [3.8, 4) is 0 Å². The zero-order valence-corrected chi connectivity index (χ0v) is 11.5. The maximum atomic E-state index is 3.71. The fraction of sp³-hybridized carbons (Fsp3) is 1.00. The van der Waals surface area contributed by atoms with E-state index in [4.69, 9.17) is 0 Å². The van der Waals surface area contributed by atoms with Gasteiger partial charge < -0.3 is 5.32 Å². The number of piperidine rings is 1. The monoisotopic (exact) mass is 226 g/mol. The third-order valence-electron chi connectivity index (χ3n) is 3.85. The Bertz CT molecular complexity index is 170.